The summed E-state index contributed by atoms with van der Waals surface area (Å²) < 4.78 is 0. The number of hydrogen-bond acceptors (Lipinski definition) is 3. The molecule has 22 heavy (non-hydrogen) atoms. The fourth-order valence-corrected chi connectivity index (χ4v) is 3.67. The van der Waals surface area contributed by atoms with E-state index in [1.165, 1.54) is 5.56 Å². The van der Waals surface area contributed by atoms with E-state index in [-0.39, 0.29) is 11.8 Å². The molecule has 1 amide bonds. The maximum absolute atomic E-state index is 12.7. The van der Waals surface area contributed by atoms with Crippen LogP contribution in [0.25, 0.3) is 0 Å². The number of carbonyl (C=O) groups excluding carboxylic acids is 1. The second-order valence-electron chi connectivity index (χ2n) is 6.20. The summed E-state index contributed by atoms with van der Waals surface area (Å²) >= 11 is 0. The number of aromatic nitrogens is 1. The maximum Gasteiger partial charge on any atom is 0.231 e. The first kappa shape index (κ1) is 13.5. The molecule has 0 aliphatic carbocycles. The molecule has 2 aromatic rings. The highest BCUT2D eigenvalue weighted by molar-refractivity contribution is 5.98. The van der Waals surface area contributed by atoms with Crippen LogP contribution in [0.2, 0.25) is 0 Å². The van der Waals surface area contributed by atoms with E-state index in [1.54, 1.807) is 0 Å². The Hall–Kier alpha value is -2.20. The van der Waals surface area contributed by atoms with Gasteiger partial charge in [0.1, 0.15) is 0 Å². The third kappa shape index (κ3) is 2.40. The van der Waals surface area contributed by atoms with Gasteiger partial charge in [0.2, 0.25) is 5.91 Å². The number of likely N-dealkylation sites (tertiary alicyclic amines) is 1. The van der Waals surface area contributed by atoms with Gasteiger partial charge in [-0.2, -0.15) is 0 Å². The Morgan fingerprint density at radius 3 is 2.50 bits per heavy atom. The van der Waals surface area contributed by atoms with Crippen molar-refractivity contribution < 1.29 is 4.79 Å². The van der Waals surface area contributed by atoms with Gasteiger partial charge in [-0.1, -0.05) is 18.2 Å². The summed E-state index contributed by atoms with van der Waals surface area (Å²) in [5, 5.41) is 0. The number of fused-ring (bicyclic) bond motifs is 1. The van der Waals surface area contributed by atoms with Gasteiger partial charge >= 0.3 is 0 Å². The Morgan fingerprint density at radius 2 is 1.77 bits per heavy atom. The van der Waals surface area contributed by atoms with Crippen molar-refractivity contribution in [2.75, 3.05) is 24.5 Å². The fraction of sp³-hybridized carbons (Fsp3) is 0.333. The molecule has 112 valence electrons. The smallest absolute Gasteiger partial charge is 0.231 e. The number of benzene rings is 1. The first-order chi connectivity index (χ1) is 10.8. The van der Waals surface area contributed by atoms with Crippen LogP contribution in [0.3, 0.4) is 0 Å². The van der Waals surface area contributed by atoms with Gasteiger partial charge in [0.25, 0.3) is 0 Å². The first-order valence-electron chi connectivity index (χ1n) is 7.79. The number of para-hydroxylation sites is 1. The minimum absolute atomic E-state index is 0.155. The molecule has 0 N–H and O–H groups in total. The van der Waals surface area contributed by atoms with Crippen LogP contribution in [0.5, 0.6) is 0 Å². The molecular formula is C18H19N3O. The summed E-state index contributed by atoms with van der Waals surface area (Å²) in [5.74, 6) is 0.894. The van der Waals surface area contributed by atoms with Gasteiger partial charge in [-0.05, 0) is 29.8 Å². The number of hydrogen-bond donors (Lipinski definition) is 0. The predicted octanol–water partition coefficient (Wildman–Crippen LogP) is 2.18. The molecule has 0 spiro atoms. The maximum atomic E-state index is 12.7. The van der Waals surface area contributed by atoms with Gasteiger partial charge in [0.15, 0.2) is 0 Å². The number of nitrogens with zero attached hydrogens (tertiary/aromatic N) is 3. The number of carbonyl (C=O) groups is 1. The van der Waals surface area contributed by atoms with Crippen LogP contribution >= 0.6 is 0 Å². The third-order valence-electron chi connectivity index (χ3n) is 4.74. The Labute approximate surface area is 130 Å². The van der Waals surface area contributed by atoms with E-state index in [0.717, 1.165) is 31.9 Å². The normalized spacial score (nSPS) is 24.7. The summed E-state index contributed by atoms with van der Waals surface area (Å²) in [6.45, 7) is 3.63. The zero-order valence-electron chi connectivity index (χ0n) is 12.4. The van der Waals surface area contributed by atoms with Crippen molar-refractivity contribution in [2.24, 2.45) is 11.8 Å². The Bertz CT molecular complexity index is 659. The molecule has 2 unspecified atom stereocenters. The average molecular weight is 293 g/mol. The van der Waals surface area contributed by atoms with Crippen LogP contribution in [-0.4, -0.2) is 35.4 Å². The van der Waals surface area contributed by atoms with Crippen LogP contribution in [0.1, 0.15) is 5.56 Å². The molecule has 2 aliphatic heterocycles. The van der Waals surface area contributed by atoms with Gasteiger partial charge in [-0.3, -0.25) is 14.7 Å². The molecule has 4 heteroatoms. The first-order valence-corrected chi connectivity index (χ1v) is 7.79. The molecule has 4 nitrogen and oxygen atoms in total. The molecule has 2 saturated heterocycles. The molecule has 1 aromatic heterocycles. The summed E-state index contributed by atoms with van der Waals surface area (Å²) in [5.41, 5.74) is 2.30. The molecule has 0 saturated carbocycles. The quantitative estimate of drug-likeness (QED) is 0.870. The summed E-state index contributed by atoms with van der Waals surface area (Å²) in [7, 11) is 0. The van der Waals surface area contributed by atoms with Gasteiger partial charge in [0, 0.05) is 50.2 Å². The molecular weight excluding hydrogens is 274 g/mol. The van der Waals surface area contributed by atoms with E-state index in [2.05, 4.69) is 9.88 Å². The van der Waals surface area contributed by atoms with Crippen molar-refractivity contribution in [1.82, 2.24) is 9.88 Å². The number of amides is 1. The van der Waals surface area contributed by atoms with Crippen molar-refractivity contribution in [3.05, 3.63) is 60.4 Å². The highest BCUT2D eigenvalue weighted by Gasteiger charge is 2.46. The van der Waals surface area contributed by atoms with Crippen LogP contribution in [-0.2, 0) is 11.3 Å². The lowest BCUT2D eigenvalue weighted by atomic mass is 10.0. The Morgan fingerprint density at radius 1 is 1.00 bits per heavy atom. The van der Waals surface area contributed by atoms with Crippen LogP contribution in [0, 0.1) is 11.8 Å². The van der Waals surface area contributed by atoms with Gasteiger partial charge < -0.3 is 4.90 Å². The van der Waals surface area contributed by atoms with Crippen molar-refractivity contribution >= 4 is 11.6 Å². The number of pyridine rings is 1. The van der Waals surface area contributed by atoms with Crippen LogP contribution in [0.15, 0.2) is 54.9 Å². The van der Waals surface area contributed by atoms with E-state index in [4.69, 9.17) is 0 Å². The minimum atomic E-state index is 0.155. The molecule has 2 atom stereocenters. The largest absolute Gasteiger partial charge is 0.312 e. The van der Waals surface area contributed by atoms with E-state index >= 15 is 0 Å². The lowest BCUT2D eigenvalue weighted by Crippen LogP contribution is -2.32. The second-order valence-corrected chi connectivity index (χ2v) is 6.20. The van der Waals surface area contributed by atoms with E-state index < -0.39 is 0 Å². The second kappa shape index (κ2) is 5.54. The van der Waals surface area contributed by atoms with E-state index in [0.29, 0.717) is 5.92 Å². The Balaban J connectivity index is 1.44. The van der Waals surface area contributed by atoms with Crippen molar-refractivity contribution in [3.8, 4) is 0 Å². The minimum Gasteiger partial charge on any atom is -0.312 e. The lowest BCUT2D eigenvalue weighted by Gasteiger charge is -2.21. The van der Waals surface area contributed by atoms with E-state index in [9.17, 15) is 4.79 Å². The topological polar surface area (TPSA) is 36.4 Å². The molecule has 0 radical (unpaired) electrons. The highest BCUT2D eigenvalue weighted by Crippen LogP contribution is 2.35. The molecule has 3 heterocycles. The fourth-order valence-electron chi connectivity index (χ4n) is 3.67. The number of rotatable bonds is 3. The predicted molar refractivity (Wildman–Crippen MR) is 85.3 cm³/mol. The van der Waals surface area contributed by atoms with Gasteiger partial charge in [0.05, 0.1) is 5.92 Å². The molecule has 2 aliphatic rings. The molecule has 0 bridgehead atoms. The van der Waals surface area contributed by atoms with Gasteiger partial charge in [-0.25, -0.2) is 0 Å². The standard InChI is InChI=1S/C18H19N3O/c22-18-17-13-20(10-14-6-8-19-9-7-14)11-15(17)12-21(18)16-4-2-1-3-5-16/h1-9,15,17H,10-13H2. The summed E-state index contributed by atoms with van der Waals surface area (Å²) in [6, 6.07) is 14.1. The van der Waals surface area contributed by atoms with Crippen molar-refractivity contribution in [1.29, 1.82) is 0 Å². The zero-order valence-corrected chi connectivity index (χ0v) is 12.4. The molecule has 1 aromatic carbocycles. The van der Waals surface area contributed by atoms with Crippen molar-refractivity contribution in [2.45, 2.75) is 6.54 Å². The van der Waals surface area contributed by atoms with Crippen LogP contribution in [0.4, 0.5) is 5.69 Å². The monoisotopic (exact) mass is 293 g/mol. The van der Waals surface area contributed by atoms with Crippen LogP contribution < -0.4 is 4.90 Å². The lowest BCUT2D eigenvalue weighted by molar-refractivity contribution is -0.120. The summed E-state index contributed by atoms with van der Waals surface area (Å²) in [6.07, 6.45) is 3.66. The summed E-state index contributed by atoms with van der Waals surface area (Å²) in [4.78, 5) is 21.1. The zero-order chi connectivity index (χ0) is 14.9. The third-order valence-corrected chi connectivity index (χ3v) is 4.74. The highest BCUT2D eigenvalue weighted by atomic mass is 16.2. The molecule has 4 rings (SSSR count). The van der Waals surface area contributed by atoms with Gasteiger partial charge in [-0.15, -0.1) is 0 Å². The SMILES string of the molecule is O=C1C2CN(Cc3ccncc3)CC2CN1c1ccccc1. The number of anilines is 1. The molecule has 2 fully saturated rings. The van der Waals surface area contributed by atoms with Crippen molar-refractivity contribution in [3.63, 3.8) is 0 Å². The Kier molecular flexibility index (Phi) is 3.39. The van der Waals surface area contributed by atoms with E-state index in [1.807, 2.05) is 59.8 Å². The average Bonchev–Trinajstić information content (AvgIpc) is 3.08.